The summed E-state index contributed by atoms with van der Waals surface area (Å²) in [7, 11) is 0. The summed E-state index contributed by atoms with van der Waals surface area (Å²) in [6.45, 7) is 3.52. The number of amides is 1. The van der Waals surface area contributed by atoms with Crippen molar-refractivity contribution in [2.75, 3.05) is 23.3 Å². The van der Waals surface area contributed by atoms with E-state index in [9.17, 15) is 9.59 Å². The minimum atomic E-state index is -0.722. The number of anilines is 2. The molecule has 2 aromatic carbocycles. The van der Waals surface area contributed by atoms with Crippen LogP contribution in [0.15, 0.2) is 66.9 Å². The number of piperidine rings is 1. The van der Waals surface area contributed by atoms with Crippen LogP contribution in [0.25, 0.3) is 5.69 Å². The highest BCUT2D eigenvalue weighted by Crippen LogP contribution is 2.27. The third-order valence-electron chi connectivity index (χ3n) is 5.96. The summed E-state index contributed by atoms with van der Waals surface area (Å²) in [5, 5.41) is 16.1. The van der Waals surface area contributed by atoms with E-state index in [2.05, 4.69) is 15.3 Å². The number of rotatable bonds is 7. The first-order valence-corrected chi connectivity index (χ1v) is 11.1. The molecule has 33 heavy (non-hydrogen) atoms. The lowest BCUT2D eigenvalue weighted by atomic mass is 9.93. The van der Waals surface area contributed by atoms with Crippen LogP contribution in [0.3, 0.4) is 0 Å². The number of aromatic nitrogens is 2. The number of nitrogens with one attached hydrogen (secondary N) is 1. The van der Waals surface area contributed by atoms with Gasteiger partial charge in [0.25, 0.3) is 0 Å². The molecule has 2 N–H and O–H groups in total. The van der Waals surface area contributed by atoms with Gasteiger partial charge in [0.1, 0.15) is 11.9 Å². The van der Waals surface area contributed by atoms with Gasteiger partial charge in [-0.15, -0.1) is 0 Å². The zero-order valence-corrected chi connectivity index (χ0v) is 18.6. The van der Waals surface area contributed by atoms with Crippen LogP contribution < -0.4 is 10.2 Å². The van der Waals surface area contributed by atoms with E-state index in [1.165, 1.54) is 0 Å². The van der Waals surface area contributed by atoms with Crippen molar-refractivity contribution < 1.29 is 19.4 Å². The third-order valence-corrected chi connectivity index (χ3v) is 5.96. The number of aliphatic carboxylic acids is 1. The van der Waals surface area contributed by atoms with Gasteiger partial charge in [0, 0.05) is 31.3 Å². The fourth-order valence-corrected chi connectivity index (χ4v) is 4.14. The Morgan fingerprint density at radius 3 is 2.39 bits per heavy atom. The van der Waals surface area contributed by atoms with Crippen molar-refractivity contribution in [2.24, 2.45) is 5.92 Å². The largest absolute Gasteiger partial charge is 0.481 e. The Kier molecular flexibility index (Phi) is 6.92. The van der Waals surface area contributed by atoms with Crippen LogP contribution in [-0.2, 0) is 9.53 Å². The van der Waals surface area contributed by atoms with Crippen LogP contribution in [0.2, 0.25) is 0 Å². The Labute approximate surface area is 192 Å². The van der Waals surface area contributed by atoms with E-state index in [0.717, 1.165) is 42.9 Å². The summed E-state index contributed by atoms with van der Waals surface area (Å²) in [5.74, 6) is 0.0439. The molecule has 1 aromatic heterocycles. The summed E-state index contributed by atoms with van der Waals surface area (Å²) < 4.78 is 7.15. The lowest BCUT2D eigenvalue weighted by Gasteiger charge is -2.33. The Hall–Kier alpha value is -3.81. The van der Waals surface area contributed by atoms with Gasteiger partial charge in [0.15, 0.2) is 0 Å². The highest BCUT2D eigenvalue weighted by atomic mass is 16.6. The molecule has 172 valence electrons. The van der Waals surface area contributed by atoms with Crippen LogP contribution in [0, 0.1) is 5.92 Å². The molecule has 1 fully saturated rings. The normalized spacial score (nSPS) is 15.1. The molecule has 0 aliphatic carbocycles. The molecule has 0 spiro atoms. The van der Waals surface area contributed by atoms with E-state index < -0.39 is 12.1 Å². The average molecular weight is 449 g/mol. The van der Waals surface area contributed by atoms with E-state index in [-0.39, 0.29) is 18.4 Å². The Morgan fingerprint density at radius 2 is 1.73 bits per heavy atom. The molecule has 1 amide bonds. The number of carboxylic acids is 1. The van der Waals surface area contributed by atoms with E-state index in [1.807, 2.05) is 61.5 Å². The molecule has 1 atom stereocenters. The number of benzene rings is 2. The number of hydrogen-bond donors (Lipinski definition) is 2. The van der Waals surface area contributed by atoms with Gasteiger partial charge < -0.3 is 14.7 Å². The molecule has 8 nitrogen and oxygen atoms in total. The van der Waals surface area contributed by atoms with Crippen molar-refractivity contribution in [1.29, 1.82) is 0 Å². The van der Waals surface area contributed by atoms with Crippen LogP contribution in [0.1, 0.15) is 37.9 Å². The second-order valence-electron chi connectivity index (χ2n) is 8.26. The van der Waals surface area contributed by atoms with Gasteiger partial charge in [-0.2, -0.15) is 5.10 Å². The first-order chi connectivity index (χ1) is 16.0. The first kappa shape index (κ1) is 22.4. The molecule has 8 heteroatoms. The van der Waals surface area contributed by atoms with E-state index >= 15 is 0 Å². The second-order valence-corrected chi connectivity index (χ2v) is 8.26. The van der Waals surface area contributed by atoms with Crippen molar-refractivity contribution in [1.82, 2.24) is 9.78 Å². The molecular weight excluding hydrogens is 420 g/mol. The van der Waals surface area contributed by atoms with Crippen molar-refractivity contribution in [3.8, 4) is 5.69 Å². The maximum absolute atomic E-state index is 12.4. The van der Waals surface area contributed by atoms with Crippen LogP contribution >= 0.6 is 0 Å². The smallest absolute Gasteiger partial charge is 0.413 e. The minimum Gasteiger partial charge on any atom is -0.481 e. The summed E-state index contributed by atoms with van der Waals surface area (Å²) >= 11 is 0. The van der Waals surface area contributed by atoms with Crippen molar-refractivity contribution in [3.05, 3.63) is 72.4 Å². The van der Waals surface area contributed by atoms with Crippen molar-refractivity contribution >= 4 is 23.6 Å². The summed E-state index contributed by atoms with van der Waals surface area (Å²) in [6.07, 6.45) is 2.71. The highest BCUT2D eigenvalue weighted by Gasteiger charge is 2.21. The van der Waals surface area contributed by atoms with Crippen molar-refractivity contribution in [3.63, 3.8) is 0 Å². The third kappa shape index (κ3) is 5.71. The molecule has 3 aromatic rings. The monoisotopic (exact) mass is 448 g/mol. The number of carbonyl (C=O) groups is 2. The SMILES string of the molecule is CC(OC(=O)Nc1ccnn1-c1ccc(N2CCC(CC(=O)O)CC2)cc1)c1ccccc1. The number of carboxylic acid groups (broad SMARTS) is 1. The van der Waals surface area contributed by atoms with Gasteiger partial charge in [-0.1, -0.05) is 30.3 Å². The fraction of sp³-hybridized carbons (Fsp3) is 0.320. The van der Waals surface area contributed by atoms with Gasteiger partial charge in [-0.3, -0.25) is 10.1 Å². The lowest BCUT2D eigenvalue weighted by molar-refractivity contribution is -0.138. The molecule has 1 unspecified atom stereocenters. The molecule has 2 heterocycles. The van der Waals surface area contributed by atoms with Gasteiger partial charge in [0.05, 0.1) is 11.9 Å². The van der Waals surface area contributed by atoms with E-state index in [1.54, 1.807) is 16.9 Å². The summed E-state index contributed by atoms with van der Waals surface area (Å²) in [4.78, 5) is 25.6. The van der Waals surface area contributed by atoms with Gasteiger partial charge in [-0.05, 0) is 55.5 Å². The predicted molar refractivity (Wildman–Crippen MR) is 126 cm³/mol. The summed E-state index contributed by atoms with van der Waals surface area (Å²) in [6, 6.07) is 19.2. The zero-order chi connectivity index (χ0) is 23.2. The summed E-state index contributed by atoms with van der Waals surface area (Å²) in [5.41, 5.74) is 2.82. The van der Waals surface area contributed by atoms with Crippen LogP contribution in [-0.4, -0.2) is 40.0 Å². The topological polar surface area (TPSA) is 96.7 Å². The number of ether oxygens (including phenoxy) is 1. The molecule has 1 saturated heterocycles. The molecule has 4 rings (SSSR count). The molecule has 0 radical (unpaired) electrons. The maximum Gasteiger partial charge on any atom is 0.413 e. The molecule has 1 aliphatic heterocycles. The zero-order valence-electron chi connectivity index (χ0n) is 18.6. The maximum atomic E-state index is 12.4. The molecule has 0 bridgehead atoms. The Balaban J connectivity index is 1.36. The van der Waals surface area contributed by atoms with E-state index in [0.29, 0.717) is 5.82 Å². The number of carbonyl (C=O) groups excluding carboxylic acids is 1. The highest BCUT2D eigenvalue weighted by molar-refractivity contribution is 5.84. The molecular formula is C25H28N4O4. The van der Waals surface area contributed by atoms with Crippen LogP contribution in [0.4, 0.5) is 16.3 Å². The molecule has 0 saturated carbocycles. The predicted octanol–water partition coefficient (Wildman–Crippen LogP) is 4.87. The Morgan fingerprint density at radius 1 is 1.06 bits per heavy atom. The molecule has 1 aliphatic rings. The van der Waals surface area contributed by atoms with Crippen LogP contribution in [0.5, 0.6) is 0 Å². The standard InChI is InChI=1S/C25H28N4O4/c1-18(20-5-3-2-4-6-20)33-25(32)27-23-11-14-26-29(23)22-9-7-21(8-10-22)28-15-12-19(13-16-28)17-24(30)31/h2-11,14,18-19H,12-13,15-17H2,1H3,(H,27,32)(H,30,31). The number of nitrogens with zero attached hydrogens (tertiary/aromatic N) is 3. The number of hydrogen-bond acceptors (Lipinski definition) is 5. The van der Waals surface area contributed by atoms with Gasteiger partial charge in [-0.25, -0.2) is 9.48 Å². The second kappa shape index (κ2) is 10.2. The Bertz CT molecular complexity index is 1070. The average Bonchev–Trinajstić information content (AvgIpc) is 3.28. The quantitative estimate of drug-likeness (QED) is 0.535. The first-order valence-electron chi connectivity index (χ1n) is 11.1. The fourth-order valence-electron chi connectivity index (χ4n) is 4.14. The lowest BCUT2D eigenvalue weighted by Crippen LogP contribution is -2.34. The van der Waals surface area contributed by atoms with Gasteiger partial charge >= 0.3 is 12.1 Å². The van der Waals surface area contributed by atoms with Gasteiger partial charge in [0.2, 0.25) is 0 Å². The van der Waals surface area contributed by atoms with E-state index in [4.69, 9.17) is 9.84 Å². The minimum absolute atomic E-state index is 0.244. The van der Waals surface area contributed by atoms with Crippen molar-refractivity contribution in [2.45, 2.75) is 32.3 Å².